The lowest BCUT2D eigenvalue weighted by Crippen LogP contribution is -2.41. The number of phenols is 1. The molecule has 1 heterocycles. The number of hydrogen-bond acceptors (Lipinski definition) is 5. The normalized spacial score (nSPS) is 15.4. The summed E-state index contributed by atoms with van der Waals surface area (Å²) in [5, 5.41) is 11.0. The molecule has 0 spiro atoms. The number of benzene rings is 2. The van der Waals surface area contributed by atoms with E-state index in [2.05, 4.69) is 47.6 Å². The quantitative estimate of drug-likeness (QED) is 0.397. The van der Waals surface area contributed by atoms with Crippen molar-refractivity contribution in [3.63, 3.8) is 0 Å². The molecule has 1 saturated heterocycles. The highest BCUT2D eigenvalue weighted by Gasteiger charge is 2.33. The summed E-state index contributed by atoms with van der Waals surface area (Å²) in [6.45, 7) is 20.7. The highest BCUT2D eigenvalue weighted by Crippen LogP contribution is 2.40. The Bertz CT molecular complexity index is 1160. The molecule has 6 nitrogen and oxygen atoms in total. The zero-order valence-electron chi connectivity index (χ0n) is 25.5. The Labute approximate surface area is 234 Å². The second-order valence-corrected chi connectivity index (χ2v) is 13.6. The van der Waals surface area contributed by atoms with E-state index >= 15 is 0 Å². The number of piperidine rings is 1. The highest BCUT2D eigenvalue weighted by molar-refractivity contribution is 5.95. The van der Waals surface area contributed by atoms with Crippen molar-refractivity contribution in [1.82, 2.24) is 4.90 Å². The van der Waals surface area contributed by atoms with E-state index in [0.717, 1.165) is 29.5 Å². The van der Waals surface area contributed by atoms with Crippen LogP contribution in [0.3, 0.4) is 0 Å². The molecule has 1 N–H and O–H groups in total. The molecular weight excluding hydrogens is 490 g/mol. The topological polar surface area (TPSA) is 76.1 Å². The lowest BCUT2D eigenvalue weighted by molar-refractivity contribution is -0.163. The maximum Gasteiger partial charge on any atom is 0.350 e. The van der Waals surface area contributed by atoms with Crippen LogP contribution >= 0.6 is 0 Å². The maximum absolute atomic E-state index is 13.6. The maximum atomic E-state index is 13.6. The van der Waals surface area contributed by atoms with Gasteiger partial charge in [0.15, 0.2) is 5.60 Å². The average molecular weight is 538 g/mol. The van der Waals surface area contributed by atoms with Crippen molar-refractivity contribution in [2.75, 3.05) is 13.1 Å². The molecule has 1 aliphatic heterocycles. The number of amides is 1. The first-order valence-corrected chi connectivity index (χ1v) is 14.1. The number of carbonyl (C=O) groups is 2. The standard InChI is InChI=1S/C33H47NO5/c1-21(2)38-30(37)33(9,10)39-25-13-11-12-23(18-25)22-14-16-34(17-15-22)29(36)24-19-26(31(3,4)5)28(35)27(20-24)32(6,7)8/h11-13,18-22,35H,14-17H2,1-10H3. The third-order valence-corrected chi connectivity index (χ3v) is 7.29. The van der Waals surface area contributed by atoms with E-state index in [1.165, 1.54) is 0 Å². The monoisotopic (exact) mass is 537 g/mol. The first kappa shape index (κ1) is 30.5. The van der Waals surface area contributed by atoms with Crippen LogP contribution < -0.4 is 4.74 Å². The molecule has 1 fully saturated rings. The smallest absolute Gasteiger partial charge is 0.350 e. The fraction of sp³-hybridized carbons (Fsp3) is 0.576. The van der Waals surface area contributed by atoms with Crippen molar-refractivity contribution >= 4 is 11.9 Å². The molecule has 39 heavy (non-hydrogen) atoms. The number of likely N-dealkylation sites (tertiary alicyclic amines) is 1. The first-order chi connectivity index (χ1) is 17.9. The van der Waals surface area contributed by atoms with Crippen LogP contribution in [0, 0.1) is 0 Å². The molecule has 6 heteroatoms. The van der Waals surface area contributed by atoms with Crippen molar-refractivity contribution in [2.45, 2.75) is 111 Å². The second kappa shape index (κ2) is 11.2. The Kier molecular flexibility index (Phi) is 8.79. The van der Waals surface area contributed by atoms with Gasteiger partial charge in [-0.1, -0.05) is 53.7 Å². The third kappa shape index (κ3) is 7.34. The largest absolute Gasteiger partial charge is 0.507 e. The summed E-state index contributed by atoms with van der Waals surface area (Å²) in [6, 6.07) is 11.6. The fourth-order valence-electron chi connectivity index (χ4n) is 5.02. The highest BCUT2D eigenvalue weighted by atomic mass is 16.6. The summed E-state index contributed by atoms with van der Waals surface area (Å²) in [4.78, 5) is 28.0. The van der Waals surface area contributed by atoms with Crippen molar-refractivity contribution in [3.8, 4) is 11.5 Å². The fourth-order valence-corrected chi connectivity index (χ4v) is 5.02. The minimum atomic E-state index is -1.10. The molecule has 0 atom stereocenters. The van der Waals surface area contributed by atoms with Crippen molar-refractivity contribution in [1.29, 1.82) is 0 Å². The van der Waals surface area contributed by atoms with Gasteiger partial charge in [-0.05, 0) is 87.1 Å². The summed E-state index contributed by atoms with van der Waals surface area (Å²) in [5.74, 6) is 0.816. The van der Waals surface area contributed by atoms with Crippen LogP contribution in [0.1, 0.15) is 115 Å². The molecule has 3 rings (SSSR count). The van der Waals surface area contributed by atoms with Crippen LogP contribution in [-0.4, -0.2) is 46.7 Å². The number of carbonyl (C=O) groups excluding carboxylic acids is 2. The number of rotatable bonds is 6. The van der Waals surface area contributed by atoms with Crippen LogP contribution in [0.4, 0.5) is 0 Å². The number of aromatic hydroxyl groups is 1. The van der Waals surface area contributed by atoms with Crippen molar-refractivity contribution < 1.29 is 24.2 Å². The van der Waals surface area contributed by atoms with Gasteiger partial charge in [0.1, 0.15) is 11.5 Å². The number of hydrogen-bond donors (Lipinski definition) is 1. The predicted octanol–water partition coefficient (Wildman–Crippen LogP) is 7.12. The molecule has 214 valence electrons. The van der Waals surface area contributed by atoms with E-state index in [-0.39, 0.29) is 28.6 Å². The van der Waals surface area contributed by atoms with Gasteiger partial charge in [0.05, 0.1) is 6.10 Å². The second-order valence-electron chi connectivity index (χ2n) is 13.6. The van der Waals surface area contributed by atoms with Crippen LogP contribution in [0.2, 0.25) is 0 Å². The average Bonchev–Trinajstić information content (AvgIpc) is 2.82. The van der Waals surface area contributed by atoms with Gasteiger partial charge in [-0.3, -0.25) is 4.79 Å². The predicted molar refractivity (Wildman–Crippen MR) is 156 cm³/mol. The van der Waals surface area contributed by atoms with E-state index in [4.69, 9.17) is 9.47 Å². The zero-order chi connectivity index (χ0) is 29.3. The number of phenolic OH excluding ortho intramolecular Hbond substituents is 1. The van der Waals surface area contributed by atoms with Gasteiger partial charge < -0.3 is 19.5 Å². The van der Waals surface area contributed by atoms with Crippen LogP contribution in [-0.2, 0) is 20.4 Å². The van der Waals surface area contributed by atoms with Gasteiger partial charge in [-0.15, -0.1) is 0 Å². The van der Waals surface area contributed by atoms with Crippen LogP contribution in [0.5, 0.6) is 11.5 Å². The molecule has 1 amide bonds. The molecule has 0 aliphatic carbocycles. The van der Waals surface area contributed by atoms with Gasteiger partial charge in [0.2, 0.25) is 0 Å². The summed E-state index contributed by atoms with van der Waals surface area (Å²) >= 11 is 0. The first-order valence-electron chi connectivity index (χ1n) is 14.1. The lowest BCUT2D eigenvalue weighted by atomic mass is 9.78. The molecule has 0 radical (unpaired) electrons. The van der Waals surface area contributed by atoms with Crippen LogP contribution in [0.25, 0.3) is 0 Å². The van der Waals surface area contributed by atoms with E-state index < -0.39 is 11.6 Å². The summed E-state index contributed by atoms with van der Waals surface area (Å²) < 4.78 is 11.4. The van der Waals surface area contributed by atoms with Crippen LogP contribution in [0.15, 0.2) is 36.4 Å². The van der Waals surface area contributed by atoms with Crippen molar-refractivity contribution in [3.05, 3.63) is 58.7 Å². The Morgan fingerprint density at radius 1 is 0.897 bits per heavy atom. The van der Waals surface area contributed by atoms with E-state index in [1.807, 2.05) is 49.1 Å². The lowest BCUT2D eigenvalue weighted by Gasteiger charge is -2.34. The summed E-state index contributed by atoms with van der Waals surface area (Å²) in [6.07, 6.45) is 1.47. The zero-order valence-corrected chi connectivity index (χ0v) is 25.5. The minimum Gasteiger partial charge on any atom is -0.507 e. The van der Waals surface area contributed by atoms with Gasteiger partial charge in [0, 0.05) is 29.8 Å². The van der Waals surface area contributed by atoms with Gasteiger partial charge in [0.25, 0.3) is 5.91 Å². The SMILES string of the molecule is CC(C)OC(=O)C(C)(C)Oc1cccc(C2CCN(C(=O)c3cc(C(C)(C)C)c(O)c(C(C)(C)C)c3)CC2)c1. The Morgan fingerprint density at radius 2 is 1.44 bits per heavy atom. The van der Waals surface area contributed by atoms with Gasteiger partial charge in [-0.25, -0.2) is 4.79 Å². The molecule has 0 bridgehead atoms. The van der Waals surface area contributed by atoms with Gasteiger partial charge in [-0.2, -0.15) is 0 Å². The molecular formula is C33H47NO5. The van der Waals surface area contributed by atoms with E-state index in [0.29, 0.717) is 30.3 Å². The van der Waals surface area contributed by atoms with E-state index in [1.54, 1.807) is 13.8 Å². The van der Waals surface area contributed by atoms with E-state index in [9.17, 15) is 14.7 Å². The number of ether oxygens (including phenoxy) is 2. The molecule has 1 aliphatic rings. The molecule has 0 saturated carbocycles. The van der Waals surface area contributed by atoms with Crippen molar-refractivity contribution in [2.24, 2.45) is 0 Å². The summed E-state index contributed by atoms with van der Waals surface area (Å²) in [5.41, 5.74) is 1.69. The minimum absolute atomic E-state index is 0.00643. The molecule has 2 aromatic carbocycles. The Balaban J connectivity index is 1.74. The third-order valence-electron chi connectivity index (χ3n) is 7.29. The number of nitrogens with zero attached hydrogens (tertiary/aromatic N) is 1. The van der Waals surface area contributed by atoms with Gasteiger partial charge >= 0.3 is 5.97 Å². The molecule has 0 unspecified atom stereocenters. The number of esters is 1. The molecule has 2 aromatic rings. The summed E-state index contributed by atoms with van der Waals surface area (Å²) in [7, 11) is 0. The molecule has 0 aromatic heterocycles. The Hall–Kier alpha value is -3.02. The Morgan fingerprint density at radius 3 is 1.92 bits per heavy atom.